The zero-order chi connectivity index (χ0) is 12.3. The van der Waals surface area contributed by atoms with E-state index in [1.807, 2.05) is 11.8 Å². The Morgan fingerprint density at radius 2 is 2.12 bits per heavy atom. The average Bonchev–Trinajstić information content (AvgIpc) is 2.77. The minimum Gasteiger partial charge on any atom is -0.347 e. The van der Waals surface area contributed by atoms with Crippen molar-refractivity contribution >= 4 is 40.6 Å². The minimum atomic E-state index is -0.151. The molecule has 1 amide bonds. The highest BCUT2D eigenvalue weighted by atomic mass is 35.5. The van der Waals surface area contributed by atoms with Crippen molar-refractivity contribution in [2.75, 3.05) is 6.26 Å². The third-order valence-corrected chi connectivity index (χ3v) is 5.09. The maximum absolute atomic E-state index is 11.8. The van der Waals surface area contributed by atoms with Gasteiger partial charge in [0.1, 0.15) is 0 Å². The van der Waals surface area contributed by atoms with Crippen LogP contribution in [0.1, 0.15) is 35.5 Å². The maximum atomic E-state index is 11.8. The van der Waals surface area contributed by atoms with E-state index in [1.54, 1.807) is 0 Å². The Morgan fingerprint density at radius 3 is 2.65 bits per heavy atom. The molecule has 4 nitrogen and oxygen atoms in total. The molecule has 1 aliphatic carbocycles. The Hall–Kier alpha value is -0.330. The number of rotatable bonds is 3. The summed E-state index contributed by atoms with van der Waals surface area (Å²) in [4.78, 5) is 11.8. The molecule has 1 heterocycles. The molecule has 1 aliphatic rings. The molecule has 94 valence electrons. The van der Waals surface area contributed by atoms with E-state index < -0.39 is 0 Å². The number of thioether (sulfide) groups is 1. The summed E-state index contributed by atoms with van der Waals surface area (Å²) in [6.07, 6.45) is 6.58. The van der Waals surface area contributed by atoms with E-state index in [4.69, 9.17) is 11.6 Å². The van der Waals surface area contributed by atoms with Crippen LogP contribution >= 0.6 is 34.7 Å². The van der Waals surface area contributed by atoms with E-state index in [2.05, 4.69) is 21.8 Å². The van der Waals surface area contributed by atoms with Crippen molar-refractivity contribution in [3.8, 4) is 0 Å². The fourth-order valence-electron chi connectivity index (χ4n) is 1.99. The SMILES string of the molecule is CSC1CCC(NC(=O)c2nnc(Cl)s2)CC1. The first kappa shape index (κ1) is 13.1. The molecule has 1 aromatic rings. The number of nitrogens with one attached hydrogen (secondary N) is 1. The van der Waals surface area contributed by atoms with Crippen LogP contribution in [-0.2, 0) is 0 Å². The summed E-state index contributed by atoms with van der Waals surface area (Å²) in [6, 6.07) is 0.272. The normalized spacial score (nSPS) is 24.6. The predicted octanol–water partition coefficient (Wildman–Crippen LogP) is 2.60. The molecule has 0 aliphatic heterocycles. The van der Waals surface area contributed by atoms with Gasteiger partial charge in [0.05, 0.1) is 0 Å². The molecule has 0 radical (unpaired) electrons. The fourth-order valence-corrected chi connectivity index (χ4v) is 3.46. The summed E-state index contributed by atoms with van der Waals surface area (Å²) in [5.41, 5.74) is 0. The number of aromatic nitrogens is 2. The number of carbonyl (C=O) groups is 1. The Bertz CT molecular complexity index is 391. The zero-order valence-electron chi connectivity index (χ0n) is 9.48. The fraction of sp³-hybridized carbons (Fsp3) is 0.700. The largest absolute Gasteiger partial charge is 0.347 e. The molecule has 0 spiro atoms. The van der Waals surface area contributed by atoms with E-state index in [-0.39, 0.29) is 11.9 Å². The van der Waals surface area contributed by atoms with Crippen LogP contribution in [0.15, 0.2) is 0 Å². The summed E-state index contributed by atoms with van der Waals surface area (Å²) < 4.78 is 0.307. The van der Waals surface area contributed by atoms with Gasteiger partial charge >= 0.3 is 0 Å². The molecular weight excluding hydrogens is 278 g/mol. The van der Waals surface area contributed by atoms with Crippen molar-refractivity contribution in [3.05, 3.63) is 9.47 Å². The Kier molecular flexibility index (Phi) is 4.64. The lowest BCUT2D eigenvalue weighted by Gasteiger charge is -2.27. The van der Waals surface area contributed by atoms with Crippen LogP contribution in [0, 0.1) is 0 Å². The molecule has 1 N–H and O–H groups in total. The second-order valence-corrected chi connectivity index (χ2v) is 6.74. The third-order valence-electron chi connectivity index (χ3n) is 2.94. The first-order chi connectivity index (χ1) is 8.19. The van der Waals surface area contributed by atoms with Crippen molar-refractivity contribution in [3.63, 3.8) is 0 Å². The maximum Gasteiger partial charge on any atom is 0.282 e. The molecule has 0 bridgehead atoms. The van der Waals surface area contributed by atoms with Crippen LogP contribution in [-0.4, -0.2) is 33.7 Å². The summed E-state index contributed by atoms with van der Waals surface area (Å²) in [5, 5.41) is 11.5. The number of hydrogen-bond acceptors (Lipinski definition) is 5. The summed E-state index contributed by atoms with van der Waals surface area (Å²) >= 11 is 8.68. The van der Waals surface area contributed by atoms with Gasteiger partial charge in [0.25, 0.3) is 5.91 Å². The molecule has 17 heavy (non-hydrogen) atoms. The number of amides is 1. The quantitative estimate of drug-likeness (QED) is 0.930. The number of halogens is 1. The van der Waals surface area contributed by atoms with Crippen molar-refractivity contribution in [2.45, 2.75) is 37.0 Å². The molecule has 1 aromatic heterocycles. The van der Waals surface area contributed by atoms with Crippen LogP contribution in [0.4, 0.5) is 0 Å². The van der Waals surface area contributed by atoms with E-state index in [0.29, 0.717) is 9.47 Å². The van der Waals surface area contributed by atoms with Crippen LogP contribution in [0.3, 0.4) is 0 Å². The molecule has 1 fully saturated rings. The second-order valence-electron chi connectivity index (χ2n) is 4.04. The number of hydrogen-bond donors (Lipinski definition) is 1. The highest BCUT2D eigenvalue weighted by molar-refractivity contribution is 7.99. The van der Waals surface area contributed by atoms with Gasteiger partial charge in [0.15, 0.2) is 0 Å². The third kappa shape index (κ3) is 3.56. The lowest BCUT2D eigenvalue weighted by molar-refractivity contribution is 0.0927. The van der Waals surface area contributed by atoms with E-state index >= 15 is 0 Å². The first-order valence-corrected chi connectivity index (χ1v) is 8.00. The Balaban J connectivity index is 1.84. The first-order valence-electron chi connectivity index (χ1n) is 5.51. The van der Waals surface area contributed by atoms with Crippen LogP contribution < -0.4 is 5.32 Å². The van der Waals surface area contributed by atoms with E-state index in [0.717, 1.165) is 29.4 Å². The minimum absolute atomic E-state index is 0.151. The van der Waals surface area contributed by atoms with Crippen LogP contribution in [0.25, 0.3) is 0 Å². The monoisotopic (exact) mass is 291 g/mol. The van der Waals surface area contributed by atoms with Gasteiger partial charge in [-0.2, -0.15) is 11.8 Å². The summed E-state index contributed by atoms with van der Waals surface area (Å²) in [6.45, 7) is 0. The summed E-state index contributed by atoms with van der Waals surface area (Å²) in [5.74, 6) is -0.151. The number of carbonyl (C=O) groups excluding carboxylic acids is 1. The molecule has 0 aromatic carbocycles. The lowest BCUT2D eigenvalue weighted by atomic mass is 9.95. The Morgan fingerprint density at radius 1 is 1.41 bits per heavy atom. The van der Waals surface area contributed by atoms with Gasteiger partial charge in [-0.3, -0.25) is 4.79 Å². The molecule has 0 atom stereocenters. The van der Waals surface area contributed by atoms with Crippen LogP contribution in [0.5, 0.6) is 0 Å². The standard InChI is InChI=1S/C10H14ClN3OS2/c1-16-7-4-2-6(3-5-7)12-8(15)9-13-14-10(11)17-9/h6-7H,2-5H2,1H3,(H,12,15). The van der Waals surface area contributed by atoms with Gasteiger partial charge in [-0.15, -0.1) is 10.2 Å². The number of nitrogens with zero attached hydrogens (tertiary/aromatic N) is 2. The van der Waals surface area contributed by atoms with E-state index in [9.17, 15) is 4.79 Å². The van der Waals surface area contributed by atoms with Gasteiger partial charge in [-0.05, 0) is 43.5 Å². The van der Waals surface area contributed by atoms with Gasteiger partial charge in [0.2, 0.25) is 9.47 Å². The highest BCUT2D eigenvalue weighted by Crippen LogP contribution is 2.27. The molecule has 2 rings (SSSR count). The highest BCUT2D eigenvalue weighted by Gasteiger charge is 2.23. The zero-order valence-corrected chi connectivity index (χ0v) is 11.9. The second kappa shape index (κ2) is 6.02. The van der Waals surface area contributed by atoms with Crippen LogP contribution in [0.2, 0.25) is 4.47 Å². The predicted molar refractivity (Wildman–Crippen MR) is 71.9 cm³/mol. The molecule has 0 saturated heterocycles. The van der Waals surface area contributed by atoms with Crippen molar-refractivity contribution < 1.29 is 4.79 Å². The molecule has 0 unspecified atom stereocenters. The van der Waals surface area contributed by atoms with Crippen molar-refractivity contribution in [1.29, 1.82) is 0 Å². The summed E-state index contributed by atoms with van der Waals surface area (Å²) in [7, 11) is 0. The lowest BCUT2D eigenvalue weighted by Crippen LogP contribution is -2.38. The smallest absolute Gasteiger partial charge is 0.282 e. The van der Waals surface area contributed by atoms with Gasteiger partial charge < -0.3 is 5.32 Å². The van der Waals surface area contributed by atoms with Crippen molar-refractivity contribution in [2.24, 2.45) is 0 Å². The molecular formula is C10H14ClN3OS2. The molecule has 7 heteroatoms. The van der Waals surface area contributed by atoms with Gasteiger partial charge in [-0.25, -0.2) is 0 Å². The topological polar surface area (TPSA) is 54.9 Å². The average molecular weight is 292 g/mol. The van der Waals surface area contributed by atoms with Gasteiger partial charge in [-0.1, -0.05) is 11.3 Å². The Labute approximate surface area is 114 Å². The van der Waals surface area contributed by atoms with Crippen molar-refractivity contribution in [1.82, 2.24) is 15.5 Å². The van der Waals surface area contributed by atoms with E-state index in [1.165, 1.54) is 12.8 Å². The van der Waals surface area contributed by atoms with Gasteiger partial charge in [0, 0.05) is 11.3 Å². The molecule has 1 saturated carbocycles.